The van der Waals surface area contributed by atoms with Gasteiger partial charge < -0.3 is 14.3 Å². The van der Waals surface area contributed by atoms with E-state index < -0.39 is 5.97 Å². The van der Waals surface area contributed by atoms with Gasteiger partial charge in [0.15, 0.2) is 6.61 Å². The van der Waals surface area contributed by atoms with Crippen LogP contribution in [-0.2, 0) is 12.4 Å². The zero-order valence-corrected chi connectivity index (χ0v) is 14.5. The molecule has 0 saturated heterocycles. The average molecular weight is 377 g/mol. The van der Waals surface area contributed by atoms with Crippen molar-refractivity contribution in [3.05, 3.63) is 70.6 Å². The first kappa shape index (κ1) is 17.3. The quantitative estimate of drug-likeness (QED) is 0.615. The van der Waals surface area contributed by atoms with E-state index in [0.717, 1.165) is 5.56 Å². The molecule has 0 aliphatic rings. The van der Waals surface area contributed by atoms with Crippen LogP contribution in [0.15, 0.2) is 58.2 Å². The van der Waals surface area contributed by atoms with Gasteiger partial charge in [-0.05, 0) is 42.0 Å². The molecule has 8 heteroatoms. The zero-order valence-electron chi connectivity index (χ0n) is 12.9. The Morgan fingerprint density at radius 3 is 2.76 bits per heavy atom. The predicted molar refractivity (Wildman–Crippen MR) is 93.0 cm³/mol. The van der Waals surface area contributed by atoms with E-state index in [1.807, 2.05) is 6.07 Å². The van der Waals surface area contributed by atoms with Gasteiger partial charge in [-0.15, -0.1) is 10.2 Å². The molecule has 0 aliphatic heterocycles. The summed E-state index contributed by atoms with van der Waals surface area (Å²) in [6, 6.07) is 13.7. The number of hydrogen-bond donors (Lipinski definition) is 1. The summed E-state index contributed by atoms with van der Waals surface area (Å²) in [6.45, 7) is 0.156. The van der Waals surface area contributed by atoms with E-state index in [-0.39, 0.29) is 12.2 Å². The fourth-order valence-electron chi connectivity index (χ4n) is 1.97. The van der Waals surface area contributed by atoms with Crippen LogP contribution in [0.3, 0.4) is 0 Å². The number of aromatic carboxylic acids is 1. The number of carbonyl (C=O) groups is 1. The lowest BCUT2D eigenvalue weighted by Gasteiger charge is -2.02. The van der Waals surface area contributed by atoms with Crippen molar-refractivity contribution in [3.63, 3.8) is 0 Å². The molecule has 2 aromatic carbocycles. The molecule has 6 nitrogen and oxygen atoms in total. The van der Waals surface area contributed by atoms with Gasteiger partial charge >= 0.3 is 5.97 Å². The van der Waals surface area contributed by atoms with Crippen molar-refractivity contribution >= 4 is 29.3 Å². The second-order valence-corrected chi connectivity index (χ2v) is 6.36. The van der Waals surface area contributed by atoms with Gasteiger partial charge in [-0.2, -0.15) is 0 Å². The largest absolute Gasteiger partial charge is 0.484 e. The van der Waals surface area contributed by atoms with Gasteiger partial charge in [0.2, 0.25) is 0 Å². The third kappa shape index (κ3) is 4.98. The highest BCUT2D eigenvalue weighted by atomic mass is 35.5. The van der Waals surface area contributed by atoms with E-state index in [0.29, 0.717) is 27.6 Å². The molecule has 0 unspecified atom stereocenters. The van der Waals surface area contributed by atoms with E-state index in [9.17, 15) is 4.79 Å². The van der Waals surface area contributed by atoms with Crippen LogP contribution in [0.4, 0.5) is 0 Å². The number of rotatable bonds is 7. The molecule has 3 aromatic rings. The highest BCUT2D eigenvalue weighted by molar-refractivity contribution is 7.98. The topological polar surface area (TPSA) is 85.5 Å². The molecule has 128 valence electrons. The van der Waals surface area contributed by atoms with Crippen LogP contribution in [0.25, 0.3) is 0 Å². The zero-order chi connectivity index (χ0) is 17.6. The van der Waals surface area contributed by atoms with Crippen LogP contribution in [0.2, 0.25) is 5.02 Å². The molecule has 1 heterocycles. The first-order chi connectivity index (χ1) is 12.1. The molecule has 3 rings (SSSR count). The maximum Gasteiger partial charge on any atom is 0.335 e. The van der Waals surface area contributed by atoms with Gasteiger partial charge in [0.25, 0.3) is 11.1 Å². The van der Waals surface area contributed by atoms with Crippen molar-refractivity contribution in [3.8, 4) is 5.75 Å². The Kier molecular flexibility index (Phi) is 5.57. The van der Waals surface area contributed by atoms with Crippen LogP contribution in [0.1, 0.15) is 21.8 Å². The Morgan fingerprint density at radius 2 is 2.00 bits per heavy atom. The molecular formula is C17H13ClN2O4S. The predicted octanol–water partition coefficient (Wildman–Crippen LogP) is 4.29. The second-order valence-electron chi connectivity index (χ2n) is 5.00. The van der Waals surface area contributed by atoms with Crippen molar-refractivity contribution in [2.45, 2.75) is 17.6 Å². The van der Waals surface area contributed by atoms with Gasteiger partial charge in [-0.3, -0.25) is 0 Å². The Morgan fingerprint density at radius 1 is 1.20 bits per heavy atom. The lowest BCUT2D eigenvalue weighted by molar-refractivity contribution is 0.0697. The monoisotopic (exact) mass is 376 g/mol. The summed E-state index contributed by atoms with van der Waals surface area (Å²) >= 11 is 7.14. The minimum atomic E-state index is -0.953. The second kappa shape index (κ2) is 8.04. The number of benzene rings is 2. The van der Waals surface area contributed by atoms with Crippen molar-refractivity contribution in [1.82, 2.24) is 10.2 Å². The molecule has 0 saturated carbocycles. The molecule has 0 fully saturated rings. The summed E-state index contributed by atoms with van der Waals surface area (Å²) in [6.07, 6.45) is 0. The third-order valence-corrected chi connectivity index (χ3v) is 4.30. The summed E-state index contributed by atoms with van der Waals surface area (Å²) in [5, 5.41) is 17.9. The molecule has 1 aromatic heterocycles. The van der Waals surface area contributed by atoms with E-state index in [1.54, 1.807) is 42.5 Å². The number of ether oxygens (including phenoxy) is 1. The van der Waals surface area contributed by atoms with Crippen molar-refractivity contribution in [2.24, 2.45) is 0 Å². The van der Waals surface area contributed by atoms with Crippen LogP contribution in [0, 0.1) is 0 Å². The first-order valence-corrected chi connectivity index (χ1v) is 8.62. The lowest BCUT2D eigenvalue weighted by atomic mass is 10.1. The van der Waals surface area contributed by atoms with Crippen LogP contribution in [0.5, 0.6) is 5.75 Å². The SMILES string of the molecule is O=C(O)c1cccc(CSc2nnc(COc3ccc(Cl)cc3)o2)c1. The van der Waals surface area contributed by atoms with Crippen LogP contribution >= 0.6 is 23.4 Å². The first-order valence-electron chi connectivity index (χ1n) is 7.26. The fourth-order valence-corrected chi connectivity index (χ4v) is 2.82. The number of carboxylic acid groups (broad SMARTS) is 1. The van der Waals surface area contributed by atoms with Crippen LogP contribution in [-0.4, -0.2) is 21.3 Å². The number of hydrogen-bond acceptors (Lipinski definition) is 6. The normalized spacial score (nSPS) is 10.6. The molecule has 25 heavy (non-hydrogen) atoms. The summed E-state index contributed by atoms with van der Waals surface area (Å²) in [7, 11) is 0. The Balaban J connectivity index is 1.54. The molecule has 0 amide bonds. The molecule has 0 spiro atoms. The summed E-state index contributed by atoms with van der Waals surface area (Å²) in [5.41, 5.74) is 1.11. The van der Waals surface area contributed by atoms with Gasteiger partial charge in [0.1, 0.15) is 5.75 Å². The number of carboxylic acids is 1. The Bertz CT molecular complexity index is 867. The third-order valence-electron chi connectivity index (χ3n) is 3.16. The van der Waals surface area contributed by atoms with Gasteiger partial charge in [0.05, 0.1) is 5.56 Å². The van der Waals surface area contributed by atoms with E-state index >= 15 is 0 Å². The maximum atomic E-state index is 11.0. The summed E-state index contributed by atoms with van der Waals surface area (Å²) in [4.78, 5) is 11.0. The molecule has 0 aliphatic carbocycles. The Labute approximate surface area is 152 Å². The fraction of sp³-hybridized carbons (Fsp3) is 0.118. The lowest BCUT2D eigenvalue weighted by Crippen LogP contribution is -1.96. The number of thioether (sulfide) groups is 1. The molecular weight excluding hydrogens is 364 g/mol. The minimum absolute atomic E-state index is 0.156. The average Bonchev–Trinajstić information content (AvgIpc) is 3.08. The summed E-state index contributed by atoms with van der Waals surface area (Å²) < 4.78 is 11.0. The highest BCUT2D eigenvalue weighted by Crippen LogP contribution is 2.23. The Hall–Kier alpha value is -2.51. The van der Waals surface area contributed by atoms with Crippen molar-refractivity contribution in [1.29, 1.82) is 0 Å². The smallest absolute Gasteiger partial charge is 0.335 e. The van der Waals surface area contributed by atoms with Gasteiger partial charge in [0, 0.05) is 10.8 Å². The molecule has 1 N–H and O–H groups in total. The molecule has 0 atom stereocenters. The number of aromatic nitrogens is 2. The standard InChI is InChI=1S/C17H13ClN2O4S/c18-13-4-6-14(7-5-13)23-9-15-19-20-17(24-15)25-10-11-2-1-3-12(8-11)16(21)22/h1-8H,9-10H2,(H,21,22). The number of nitrogens with zero attached hydrogens (tertiary/aromatic N) is 2. The van der Waals surface area contributed by atoms with Crippen LogP contribution < -0.4 is 4.74 Å². The van der Waals surface area contributed by atoms with Crippen molar-refractivity contribution < 1.29 is 19.1 Å². The highest BCUT2D eigenvalue weighted by Gasteiger charge is 2.09. The van der Waals surface area contributed by atoms with Gasteiger partial charge in [-0.1, -0.05) is 35.5 Å². The van der Waals surface area contributed by atoms with E-state index in [2.05, 4.69) is 10.2 Å². The van der Waals surface area contributed by atoms with Gasteiger partial charge in [-0.25, -0.2) is 4.79 Å². The maximum absolute atomic E-state index is 11.0. The van der Waals surface area contributed by atoms with Crippen molar-refractivity contribution in [2.75, 3.05) is 0 Å². The van der Waals surface area contributed by atoms with E-state index in [4.69, 9.17) is 25.9 Å². The molecule has 0 radical (unpaired) electrons. The number of halogens is 1. The summed E-state index contributed by atoms with van der Waals surface area (Å²) in [5.74, 6) is 0.589. The molecule has 0 bridgehead atoms. The minimum Gasteiger partial charge on any atom is -0.484 e. The van der Waals surface area contributed by atoms with E-state index in [1.165, 1.54) is 11.8 Å².